The first-order chi connectivity index (χ1) is 5.67. The zero-order chi connectivity index (χ0) is 10.9. The zero-order valence-electron chi connectivity index (χ0n) is 5.78. The number of halogens is 5. The van der Waals surface area contributed by atoms with Crippen LogP contribution in [0.15, 0.2) is 0 Å². The van der Waals surface area contributed by atoms with Crippen molar-refractivity contribution >= 4 is 28.0 Å². The summed E-state index contributed by atoms with van der Waals surface area (Å²) in [6.07, 6.45) is 0. The molecule has 0 aromatic rings. The summed E-state index contributed by atoms with van der Waals surface area (Å²) in [5, 5.41) is 0. The van der Waals surface area contributed by atoms with Crippen LogP contribution in [0.25, 0.3) is 0 Å². The van der Waals surface area contributed by atoms with Crippen LogP contribution in [0.3, 0.4) is 0 Å². The number of primary amides is 1. The molecule has 9 heteroatoms. The average molecular weight is 267 g/mol. The molecule has 0 aromatic carbocycles. The van der Waals surface area contributed by atoms with E-state index in [9.17, 15) is 27.2 Å². The van der Waals surface area contributed by atoms with Crippen molar-refractivity contribution in [3.05, 3.63) is 0 Å². The number of hydrogen-bond acceptors (Lipinski definition) is 2. The maximum Gasteiger partial charge on any atom is 0.396 e. The number of hydrogen-bond donors (Lipinski definition) is 2. The quantitative estimate of drug-likeness (QED) is 0.565. The lowest BCUT2D eigenvalue weighted by Gasteiger charge is -2.21. The minimum Gasteiger partial charge on any atom is -0.364 e. The van der Waals surface area contributed by atoms with Crippen LogP contribution in [0.4, 0.5) is 17.6 Å². The van der Waals surface area contributed by atoms with Crippen molar-refractivity contribution in [2.45, 2.75) is 11.8 Å². The van der Waals surface area contributed by atoms with E-state index in [0.717, 1.165) is 4.34 Å². The maximum atomic E-state index is 12.4. The first-order valence-corrected chi connectivity index (χ1v) is 3.43. The molecular formula is C4H3BrF4N2O2. The third-order valence-corrected chi connectivity index (χ3v) is 1.43. The highest BCUT2D eigenvalue weighted by Crippen LogP contribution is 2.34. The normalized spacial score (nSPS) is 12.4. The van der Waals surface area contributed by atoms with Gasteiger partial charge in [-0.2, -0.15) is 17.6 Å². The Balaban J connectivity index is 5.02. The second-order valence-electron chi connectivity index (χ2n) is 1.94. The summed E-state index contributed by atoms with van der Waals surface area (Å²) >= 11 is 2.03. The van der Waals surface area contributed by atoms with Crippen LogP contribution < -0.4 is 10.1 Å². The van der Waals surface area contributed by atoms with Crippen LogP contribution in [0, 0.1) is 0 Å². The summed E-state index contributed by atoms with van der Waals surface area (Å²) in [5.41, 5.74) is 3.98. The average Bonchev–Trinajstić information content (AvgIpc) is 2.02. The van der Waals surface area contributed by atoms with Gasteiger partial charge in [-0.3, -0.25) is 13.9 Å². The molecule has 0 bridgehead atoms. The second-order valence-corrected chi connectivity index (χ2v) is 2.33. The van der Waals surface area contributed by atoms with Gasteiger partial charge < -0.3 is 5.73 Å². The summed E-state index contributed by atoms with van der Waals surface area (Å²) in [4.78, 5) is 20.1. The van der Waals surface area contributed by atoms with Crippen LogP contribution in [-0.4, -0.2) is 23.7 Å². The van der Waals surface area contributed by atoms with Crippen molar-refractivity contribution in [3.8, 4) is 0 Å². The number of amides is 2. The van der Waals surface area contributed by atoms with E-state index in [0.29, 0.717) is 0 Å². The van der Waals surface area contributed by atoms with E-state index < -0.39 is 23.7 Å². The third-order valence-electron chi connectivity index (χ3n) is 1.07. The van der Waals surface area contributed by atoms with E-state index in [1.165, 1.54) is 0 Å². The van der Waals surface area contributed by atoms with Crippen molar-refractivity contribution < 1.29 is 27.2 Å². The Bertz CT molecular complexity index is 244. The molecular weight excluding hydrogens is 264 g/mol. The fourth-order valence-corrected chi connectivity index (χ4v) is 0.606. The van der Waals surface area contributed by atoms with Gasteiger partial charge in [-0.1, -0.05) is 0 Å². The molecule has 0 unspecified atom stereocenters. The number of carbonyl (C=O) groups excluding carboxylic acids is 2. The fourth-order valence-electron chi connectivity index (χ4n) is 0.357. The molecule has 3 N–H and O–H groups in total. The Labute approximate surface area is 77.8 Å². The molecule has 0 radical (unpaired) electrons. The standard InChI is InChI=1S/C4H3BrF4N2O2/c5-11-2(13)4(8,9)3(6,7)1(10)12/h(H2,10,12)(H,11,13). The number of nitrogens with two attached hydrogens (primary N) is 1. The van der Waals surface area contributed by atoms with Crippen molar-refractivity contribution in [1.82, 2.24) is 4.34 Å². The van der Waals surface area contributed by atoms with Gasteiger partial charge in [0.1, 0.15) is 0 Å². The highest BCUT2D eigenvalue weighted by atomic mass is 79.9. The maximum absolute atomic E-state index is 12.4. The van der Waals surface area contributed by atoms with Gasteiger partial charge in [0.05, 0.1) is 0 Å². The van der Waals surface area contributed by atoms with Crippen molar-refractivity contribution in [2.24, 2.45) is 5.73 Å². The summed E-state index contributed by atoms with van der Waals surface area (Å²) in [6, 6.07) is 0. The van der Waals surface area contributed by atoms with E-state index in [4.69, 9.17) is 0 Å². The van der Waals surface area contributed by atoms with Crippen molar-refractivity contribution in [2.75, 3.05) is 0 Å². The minimum atomic E-state index is -5.22. The molecule has 13 heavy (non-hydrogen) atoms. The van der Waals surface area contributed by atoms with E-state index in [2.05, 4.69) is 5.73 Å². The molecule has 0 aliphatic rings. The molecule has 0 saturated heterocycles. The first-order valence-electron chi connectivity index (χ1n) is 2.64. The highest BCUT2D eigenvalue weighted by molar-refractivity contribution is 9.08. The van der Waals surface area contributed by atoms with E-state index in [1.54, 1.807) is 0 Å². The molecule has 0 aliphatic heterocycles. The molecule has 2 amide bonds. The number of nitrogens with one attached hydrogen (secondary N) is 1. The van der Waals surface area contributed by atoms with Gasteiger partial charge in [0.15, 0.2) is 0 Å². The van der Waals surface area contributed by atoms with E-state index in [1.807, 2.05) is 16.1 Å². The van der Waals surface area contributed by atoms with Gasteiger partial charge in [-0.05, 0) is 0 Å². The van der Waals surface area contributed by atoms with Crippen LogP contribution in [0.1, 0.15) is 0 Å². The van der Waals surface area contributed by atoms with Crippen LogP contribution in [0.2, 0.25) is 0 Å². The van der Waals surface area contributed by atoms with Gasteiger partial charge in [-0.15, -0.1) is 0 Å². The Hall–Kier alpha value is -0.860. The van der Waals surface area contributed by atoms with Crippen LogP contribution >= 0.6 is 16.1 Å². The van der Waals surface area contributed by atoms with Crippen LogP contribution in [-0.2, 0) is 9.59 Å². The predicted octanol–water partition coefficient (Wildman–Crippen LogP) is 0.168. The van der Waals surface area contributed by atoms with Gasteiger partial charge in [0, 0.05) is 16.1 Å². The molecule has 4 nitrogen and oxygen atoms in total. The SMILES string of the molecule is NC(=O)C(F)(F)C(F)(F)C(=O)NBr. The van der Waals surface area contributed by atoms with Gasteiger partial charge >= 0.3 is 17.8 Å². The fraction of sp³-hybridized carbons (Fsp3) is 0.500. The second kappa shape index (κ2) is 3.48. The van der Waals surface area contributed by atoms with Gasteiger partial charge in [-0.25, -0.2) is 0 Å². The van der Waals surface area contributed by atoms with Crippen LogP contribution in [0.5, 0.6) is 0 Å². The van der Waals surface area contributed by atoms with Gasteiger partial charge in [0.25, 0.3) is 5.91 Å². The third kappa shape index (κ3) is 1.90. The molecule has 0 fully saturated rings. The van der Waals surface area contributed by atoms with Gasteiger partial charge in [0.2, 0.25) is 0 Å². The van der Waals surface area contributed by atoms with E-state index in [-0.39, 0.29) is 0 Å². The Morgan fingerprint density at radius 2 is 1.54 bits per heavy atom. The summed E-state index contributed by atoms with van der Waals surface area (Å²) in [6.45, 7) is 0. The highest BCUT2D eigenvalue weighted by Gasteiger charge is 2.66. The molecule has 0 aromatic heterocycles. The zero-order valence-corrected chi connectivity index (χ0v) is 7.37. The molecule has 0 atom stereocenters. The monoisotopic (exact) mass is 266 g/mol. The lowest BCUT2D eigenvalue weighted by molar-refractivity contribution is -0.207. The lowest BCUT2D eigenvalue weighted by atomic mass is 10.1. The van der Waals surface area contributed by atoms with Crippen molar-refractivity contribution in [1.29, 1.82) is 0 Å². The number of rotatable bonds is 3. The molecule has 0 aliphatic carbocycles. The Morgan fingerprint density at radius 3 is 1.77 bits per heavy atom. The molecule has 0 spiro atoms. The molecule has 0 rings (SSSR count). The largest absolute Gasteiger partial charge is 0.396 e. The number of alkyl halides is 4. The smallest absolute Gasteiger partial charge is 0.364 e. The molecule has 0 saturated carbocycles. The summed E-state index contributed by atoms with van der Waals surface area (Å²) in [7, 11) is 0. The lowest BCUT2D eigenvalue weighted by Crippen LogP contribution is -2.57. The summed E-state index contributed by atoms with van der Waals surface area (Å²) in [5.74, 6) is -15.3. The topological polar surface area (TPSA) is 72.2 Å². The predicted molar refractivity (Wildman–Crippen MR) is 36.2 cm³/mol. The molecule has 0 heterocycles. The Morgan fingerprint density at radius 1 is 1.15 bits per heavy atom. The number of carbonyl (C=O) groups is 2. The minimum absolute atomic E-state index is 1.10. The molecule has 76 valence electrons. The van der Waals surface area contributed by atoms with Crippen molar-refractivity contribution in [3.63, 3.8) is 0 Å². The Kier molecular flexibility index (Phi) is 3.25. The van der Waals surface area contributed by atoms with E-state index >= 15 is 0 Å². The first kappa shape index (κ1) is 12.1. The summed E-state index contributed by atoms with van der Waals surface area (Å²) < 4.78 is 50.3.